The molecule has 0 radical (unpaired) electrons. The molecule has 0 aromatic heterocycles. The summed E-state index contributed by atoms with van der Waals surface area (Å²) in [5, 5.41) is 0. The van der Waals surface area contributed by atoms with E-state index in [1.165, 1.54) is 42.4 Å². The molecule has 100 valence electrons. The standard InChI is InChI=1S/C16H25NO/c1-11-4-6-15(7-5-11)18-16-12(2)8-14(10-17)9-13(16)3/h8-9,11,15H,4-7,10,17H2,1-3H3. The Labute approximate surface area is 111 Å². The summed E-state index contributed by atoms with van der Waals surface area (Å²) in [4.78, 5) is 0. The lowest BCUT2D eigenvalue weighted by molar-refractivity contribution is 0.134. The molecule has 0 bridgehead atoms. The minimum atomic E-state index is 0.405. The van der Waals surface area contributed by atoms with E-state index in [4.69, 9.17) is 10.5 Å². The third-order valence-corrected chi connectivity index (χ3v) is 4.00. The summed E-state index contributed by atoms with van der Waals surface area (Å²) in [6.45, 7) is 7.17. The van der Waals surface area contributed by atoms with Crippen LogP contribution in [0, 0.1) is 19.8 Å². The van der Waals surface area contributed by atoms with E-state index in [-0.39, 0.29) is 0 Å². The summed E-state index contributed by atoms with van der Waals surface area (Å²) in [5.41, 5.74) is 9.32. The zero-order chi connectivity index (χ0) is 13.1. The van der Waals surface area contributed by atoms with Crippen LogP contribution in [0.15, 0.2) is 12.1 Å². The van der Waals surface area contributed by atoms with Gasteiger partial charge in [0.15, 0.2) is 0 Å². The molecule has 2 N–H and O–H groups in total. The molecule has 2 heteroatoms. The van der Waals surface area contributed by atoms with Crippen LogP contribution < -0.4 is 10.5 Å². The topological polar surface area (TPSA) is 35.2 Å². The summed E-state index contributed by atoms with van der Waals surface area (Å²) in [6, 6.07) is 4.29. The van der Waals surface area contributed by atoms with Crippen molar-refractivity contribution in [2.75, 3.05) is 0 Å². The third-order valence-electron chi connectivity index (χ3n) is 4.00. The fourth-order valence-electron chi connectivity index (χ4n) is 2.86. The van der Waals surface area contributed by atoms with Gasteiger partial charge in [-0.1, -0.05) is 19.1 Å². The third kappa shape index (κ3) is 3.05. The van der Waals surface area contributed by atoms with Crippen molar-refractivity contribution >= 4 is 0 Å². The first-order chi connectivity index (χ1) is 8.60. The van der Waals surface area contributed by atoms with E-state index in [1.54, 1.807) is 0 Å². The molecule has 1 aliphatic carbocycles. The van der Waals surface area contributed by atoms with Gasteiger partial charge in [-0.25, -0.2) is 0 Å². The van der Waals surface area contributed by atoms with Crippen molar-refractivity contribution in [1.82, 2.24) is 0 Å². The second kappa shape index (κ2) is 5.75. The predicted octanol–water partition coefficient (Wildman–Crippen LogP) is 3.72. The van der Waals surface area contributed by atoms with Crippen LogP contribution in [0.3, 0.4) is 0 Å². The Morgan fingerprint density at radius 1 is 1.11 bits per heavy atom. The van der Waals surface area contributed by atoms with Crippen LogP contribution in [-0.2, 0) is 6.54 Å². The van der Waals surface area contributed by atoms with E-state index in [9.17, 15) is 0 Å². The Hall–Kier alpha value is -1.02. The second-order valence-corrected chi connectivity index (χ2v) is 5.76. The molecular formula is C16H25NO. The summed E-state index contributed by atoms with van der Waals surface area (Å²) >= 11 is 0. The smallest absolute Gasteiger partial charge is 0.125 e. The number of benzene rings is 1. The Kier molecular flexibility index (Phi) is 4.28. The number of hydrogen-bond acceptors (Lipinski definition) is 2. The lowest BCUT2D eigenvalue weighted by Crippen LogP contribution is -2.23. The van der Waals surface area contributed by atoms with Crippen LogP contribution in [0.4, 0.5) is 0 Å². The van der Waals surface area contributed by atoms with Gasteiger partial charge in [-0.05, 0) is 62.1 Å². The highest BCUT2D eigenvalue weighted by Gasteiger charge is 2.20. The van der Waals surface area contributed by atoms with E-state index in [1.807, 2.05) is 0 Å². The maximum Gasteiger partial charge on any atom is 0.125 e. The highest BCUT2D eigenvalue weighted by atomic mass is 16.5. The number of rotatable bonds is 3. The predicted molar refractivity (Wildman–Crippen MR) is 75.9 cm³/mol. The highest BCUT2D eigenvalue weighted by Crippen LogP contribution is 2.31. The lowest BCUT2D eigenvalue weighted by atomic mass is 9.89. The zero-order valence-electron chi connectivity index (χ0n) is 11.8. The van der Waals surface area contributed by atoms with Gasteiger partial charge in [0.1, 0.15) is 5.75 Å². The van der Waals surface area contributed by atoms with E-state index in [0.29, 0.717) is 12.6 Å². The van der Waals surface area contributed by atoms with Crippen molar-refractivity contribution in [3.05, 3.63) is 28.8 Å². The van der Waals surface area contributed by atoms with Crippen LogP contribution in [0.25, 0.3) is 0 Å². The average Bonchev–Trinajstić information content (AvgIpc) is 2.35. The van der Waals surface area contributed by atoms with Gasteiger partial charge in [0.05, 0.1) is 6.10 Å². The minimum absolute atomic E-state index is 0.405. The number of aryl methyl sites for hydroxylation is 2. The fraction of sp³-hybridized carbons (Fsp3) is 0.625. The first kappa shape index (κ1) is 13.4. The lowest BCUT2D eigenvalue weighted by Gasteiger charge is -2.28. The molecule has 1 aromatic rings. The van der Waals surface area contributed by atoms with Crippen LogP contribution >= 0.6 is 0 Å². The summed E-state index contributed by atoms with van der Waals surface area (Å²) in [5.74, 6) is 1.94. The van der Waals surface area contributed by atoms with Gasteiger partial charge in [0.25, 0.3) is 0 Å². The number of ether oxygens (including phenoxy) is 1. The molecule has 0 amide bonds. The van der Waals surface area contributed by atoms with Gasteiger partial charge in [0, 0.05) is 6.54 Å². The SMILES string of the molecule is Cc1cc(CN)cc(C)c1OC1CCC(C)CC1. The quantitative estimate of drug-likeness (QED) is 0.883. The average molecular weight is 247 g/mol. The molecule has 0 aliphatic heterocycles. The Morgan fingerprint density at radius 2 is 1.67 bits per heavy atom. The van der Waals surface area contributed by atoms with Gasteiger partial charge in [-0.3, -0.25) is 0 Å². The molecule has 0 atom stereocenters. The van der Waals surface area contributed by atoms with E-state index in [2.05, 4.69) is 32.9 Å². The molecule has 2 rings (SSSR count). The Balaban J connectivity index is 2.09. The van der Waals surface area contributed by atoms with E-state index < -0.39 is 0 Å². The molecule has 18 heavy (non-hydrogen) atoms. The summed E-state index contributed by atoms with van der Waals surface area (Å²) < 4.78 is 6.22. The largest absolute Gasteiger partial charge is 0.490 e. The van der Waals surface area contributed by atoms with Crippen molar-refractivity contribution in [2.45, 2.75) is 59.1 Å². The van der Waals surface area contributed by atoms with Gasteiger partial charge >= 0.3 is 0 Å². The molecule has 1 fully saturated rings. The van der Waals surface area contributed by atoms with Crippen molar-refractivity contribution in [1.29, 1.82) is 0 Å². The van der Waals surface area contributed by atoms with Crippen molar-refractivity contribution in [3.8, 4) is 5.75 Å². The Morgan fingerprint density at radius 3 is 2.17 bits per heavy atom. The second-order valence-electron chi connectivity index (χ2n) is 5.76. The zero-order valence-corrected chi connectivity index (χ0v) is 11.8. The molecule has 2 nitrogen and oxygen atoms in total. The Bertz CT molecular complexity index is 383. The van der Waals surface area contributed by atoms with Crippen LogP contribution in [-0.4, -0.2) is 6.10 Å². The monoisotopic (exact) mass is 247 g/mol. The van der Waals surface area contributed by atoms with Gasteiger partial charge in [0.2, 0.25) is 0 Å². The normalized spacial score (nSPS) is 24.0. The van der Waals surface area contributed by atoms with Crippen LogP contribution in [0.2, 0.25) is 0 Å². The highest BCUT2D eigenvalue weighted by molar-refractivity contribution is 5.43. The molecule has 1 aromatic carbocycles. The van der Waals surface area contributed by atoms with Gasteiger partial charge in [-0.15, -0.1) is 0 Å². The van der Waals surface area contributed by atoms with Gasteiger partial charge < -0.3 is 10.5 Å². The molecule has 1 saturated carbocycles. The molecular weight excluding hydrogens is 222 g/mol. The fourth-order valence-corrected chi connectivity index (χ4v) is 2.86. The van der Waals surface area contributed by atoms with Crippen LogP contribution in [0.1, 0.15) is 49.3 Å². The number of nitrogens with two attached hydrogens (primary N) is 1. The van der Waals surface area contributed by atoms with Crippen molar-refractivity contribution in [3.63, 3.8) is 0 Å². The van der Waals surface area contributed by atoms with E-state index >= 15 is 0 Å². The van der Waals surface area contributed by atoms with Gasteiger partial charge in [-0.2, -0.15) is 0 Å². The maximum atomic E-state index is 6.22. The molecule has 1 aliphatic rings. The molecule has 0 saturated heterocycles. The summed E-state index contributed by atoms with van der Waals surface area (Å²) in [6.07, 6.45) is 5.38. The first-order valence-corrected chi connectivity index (χ1v) is 7.07. The molecule has 0 spiro atoms. The van der Waals surface area contributed by atoms with Crippen LogP contribution in [0.5, 0.6) is 5.75 Å². The van der Waals surface area contributed by atoms with Crippen molar-refractivity contribution in [2.24, 2.45) is 11.7 Å². The minimum Gasteiger partial charge on any atom is -0.490 e. The molecule has 0 unspecified atom stereocenters. The number of hydrogen-bond donors (Lipinski definition) is 1. The first-order valence-electron chi connectivity index (χ1n) is 7.07. The summed E-state index contributed by atoms with van der Waals surface area (Å²) in [7, 11) is 0. The van der Waals surface area contributed by atoms with E-state index in [0.717, 1.165) is 11.7 Å². The maximum absolute atomic E-state index is 6.22. The van der Waals surface area contributed by atoms with Crippen molar-refractivity contribution < 1.29 is 4.74 Å². The molecule has 0 heterocycles.